The van der Waals surface area contributed by atoms with Crippen molar-refractivity contribution in [2.45, 2.75) is 19.9 Å². The van der Waals surface area contributed by atoms with Crippen LogP contribution in [0.2, 0.25) is 5.02 Å². The van der Waals surface area contributed by atoms with Crippen LogP contribution in [0.4, 0.5) is 23.1 Å². The number of nitrogens with one attached hydrogen (secondary N) is 5. The van der Waals surface area contributed by atoms with Gasteiger partial charge in [0.15, 0.2) is 11.9 Å². The second-order valence-corrected chi connectivity index (χ2v) is 7.99. The standard InChI is InChI=1S/C22H22ClN9O2/c1-3-32-11-16(30-31-32)29-22-25-10-8-14(28-22)18-19(17-13(26-18)7-9-24-21(17)33)27-15-6-4-5-12(23)20(15)34-2/h4-6,8,10-11H,3,7,9H2,1-2H3,(H4,24,25,26,27,28,29,30,31,33)/p+1. The topological polar surface area (TPSA) is 137 Å². The highest BCUT2D eigenvalue weighted by Crippen LogP contribution is 2.40. The molecule has 0 saturated heterocycles. The average Bonchev–Trinajstić information content (AvgIpc) is 3.45. The fraction of sp³-hybridized carbons (Fsp3) is 0.227. The third-order valence-corrected chi connectivity index (χ3v) is 5.76. The number of aromatic nitrogens is 6. The Balaban J connectivity index is 1.57. The molecule has 34 heavy (non-hydrogen) atoms. The number of carbonyl (C=O) groups is 1. The Morgan fingerprint density at radius 1 is 1.26 bits per heavy atom. The van der Waals surface area contributed by atoms with Crippen molar-refractivity contribution in [1.82, 2.24) is 30.6 Å². The molecule has 1 aliphatic heterocycles. The highest BCUT2D eigenvalue weighted by molar-refractivity contribution is 6.32. The maximum absolute atomic E-state index is 12.8. The van der Waals surface area contributed by atoms with Gasteiger partial charge in [-0.05, 0) is 25.1 Å². The highest BCUT2D eigenvalue weighted by atomic mass is 35.5. The molecule has 11 nitrogen and oxygen atoms in total. The lowest BCUT2D eigenvalue weighted by Gasteiger charge is -2.16. The van der Waals surface area contributed by atoms with Gasteiger partial charge in [0.05, 0.1) is 45.6 Å². The molecular formula is C22H23ClN9O2+. The van der Waals surface area contributed by atoms with Gasteiger partial charge in [-0.1, -0.05) is 22.9 Å². The average molecular weight is 481 g/mol. The molecule has 0 saturated carbocycles. The van der Waals surface area contributed by atoms with Gasteiger partial charge in [0, 0.05) is 24.9 Å². The third-order valence-electron chi connectivity index (χ3n) is 5.47. The molecule has 4 heterocycles. The molecule has 4 aromatic rings. The van der Waals surface area contributed by atoms with Crippen LogP contribution in [0.5, 0.6) is 5.75 Å². The van der Waals surface area contributed by atoms with E-state index in [0.29, 0.717) is 63.8 Å². The number of nitrogens with zero attached hydrogens (tertiary/aromatic N) is 4. The van der Waals surface area contributed by atoms with Crippen molar-refractivity contribution in [1.29, 1.82) is 0 Å². The van der Waals surface area contributed by atoms with E-state index in [1.54, 1.807) is 25.4 Å². The largest absolute Gasteiger partial charge is 0.493 e. The van der Waals surface area contributed by atoms with E-state index in [2.05, 4.69) is 41.2 Å². The highest BCUT2D eigenvalue weighted by Gasteiger charge is 2.28. The lowest BCUT2D eigenvalue weighted by Crippen LogP contribution is -2.33. The van der Waals surface area contributed by atoms with Crippen LogP contribution in [0.25, 0.3) is 11.4 Å². The molecule has 1 aliphatic rings. The Bertz CT molecular complexity index is 1360. The first-order valence-corrected chi connectivity index (χ1v) is 11.1. The van der Waals surface area contributed by atoms with Crippen molar-refractivity contribution < 1.29 is 14.2 Å². The van der Waals surface area contributed by atoms with Crippen molar-refractivity contribution in [2.75, 3.05) is 24.3 Å². The zero-order chi connectivity index (χ0) is 23.7. The minimum atomic E-state index is -0.166. The molecule has 5 rings (SSSR count). The number of methoxy groups -OCH3 is 1. The summed E-state index contributed by atoms with van der Waals surface area (Å²) in [5.74, 6) is 1.27. The number of aromatic amines is 2. The Kier molecular flexibility index (Phi) is 5.76. The van der Waals surface area contributed by atoms with Crippen LogP contribution in [0.15, 0.2) is 36.7 Å². The first-order chi connectivity index (χ1) is 16.6. The Labute approximate surface area is 199 Å². The maximum atomic E-state index is 12.8. The molecule has 5 N–H and O–H groups in total. The van der Waals surface area contributed by atoms with Crippen molar-refractivity contribution >= 4 is 40.6 Å². The van der Waals surface area contributed by atoms with E-state index >= 15 is 0 Å². The van der Waals surface area contributed by atoms with Crippen molar-refractivity contribution in [3.8, 4) is 17.1 Å². The van der Waals surface area contributed by atoms with Crippen LogP contribution >= 0.6 is 11.6 Å². The summed E-state index contributed by atoms with van der Waals surface area (Å²) in [5.41, 5.74) is 3.83. The summed E-state index contributed by atoms with van der Waals surface area (Å²) in [6, 6.07) is 7.16. The van der Waals surface area contributed by atoms with E-state index in [1.165, 1.54) is 0 Å². The van der Waals surface area contributed by atoms with E-state index in [0.717, 1.165) is 12.2 Å². The SMILES string of the molecule is CC[n+]1cc(Nc2nccc(-c3[nH]c4c(c3Nc3cccc(Cl)c3OC)C(=O)NCC4)n2)n[nH]1. The van der Waals surface area contributed by atoms with E-state index in [9.17, 15) is 4.79 Å². The number of benzene rings is 1. The number of hydrogen-bond acceptors (Lipinski definition) is 7. The number of para-hydroxylation sites is 1. The van der Waals surface area contributed by atoms with Gasteiger partial charge in [-0.25, -0.2) is 9.97 Å². The number of anilines is 4. The van der Waals surface area contributed by atoms with Crippen LogP contribution in [0, 0.1) is 0 Å². The number of amides is 1. The van der Waals surface area contributed by atoms with E-state index in [4.69, 9.17) is 16.3 Å². The van der Waals surface area contributed by atoms with E-state index < -0.39 is 0 Å². The fourth-order valence-electron chi connectivity index (χ4n) is 3.86. The number of halogens is 1. The quantitative estimate of drug-likeness (QED) is 0.256. The lowest BCUT2D eigenvalue weighted by molar-refractivity contribution is -0.750. The van der Waals surface area contributed by atoms with Gasteiger partial charge in [0.25, 0.3) is 5.91 Å². The second kappa shape index (κ2) is 9.02. The minimum Gasteiger partial charge on any atom is -0.493 e. The zero-order valence-electron chi connectivity index (χ0n) is 18.6. The summed E-state index contributed by atoms with van der Waals surface area (Å²) in [4.78, 5) is 25.2. The molecule has 0 spiro atoms. The molecule has 0 bridgehead atoms. The molecule has 0 atom stereocenters. The van der Waals surface area contributed by atoms with Gasteiger partial charge in [0.2, 0.25) is 5.95 Å². The second-order valence-electron chi connectivity index (χ2n) is 7.58. The van der Waals surface area contributed by atoms with Crippen LogP contribution < -0.4 is 25.4 Å². The lowest BCUT2D eigenvalue weighted by atomic mass is 10.1. The smallest absolute Gasteiger partial charge is 0.314 e. The van der Waals surface area contributed by atoms with Crippen LogP contribution in [0.3, 0.4) is 0 Å². The van der Waals surface area contributed by atoms with Gasteiger partial charge in [-0.15, -0.1) is 0 Å². The summed E-state index contributed by atoms with van der Waals surface area (Å²) in [5, 5.41) is 16.9. The monoisotopic (exact) mass is 480 g/mol. The predicted octanol–water partition coefficient (Wildman–Crippen LogP) is 2.94. The van der Waals surface area contributed by atoms with Gasteiger partial charge < -0.3 is 20.4 Å². The maximum Gasteiger partial charge on any atom is 0.314 e. The number of carbonyl (C=O) groups excluding carboxylic acids is 1. The number of rotatable bonds is 7. The zero-order valence-corrected chi connectivity index (χ0v) is 19.3. The Hall–Kier alpha value is -4.12. The first-order valence-electron chi connectivity index (χ1n) is 10.7. The molecule has 0 aliphatic carbocycles. The molecule has 0 fully saturated rings. The number of ether oxygens (including phenoxy) is 1. The normalized spacial score (nSPS) is 12.7. The van der Waals surface area contributed by atoms with Crippen LogP contribution in [0.1, 0.15) is 23.0 Å². The summed E-state index contributed by atoms with van der Waals surface area (Å²) in [7, 11) is 1.55. The molecule has 1 amide bonds. The number of fused-ring (bicyclic) bond motifs is 1. The van der Waals surface area contributed by atoms with Gasteiger partial charge in [-0.3, -0.25) is 10.1 Å². The summed E-state index contributed by atoms with van der Waals surface area (Å²) >= 11 is 6.32. The molecule has 1 aromatic carbocycles. The molecule has 12 heteroatoms. The molecule has 0 radical (unpaired) electrons. The van der Waals surface area contributed by atoms with E-state index in [-0.39, 0.29) is 5.91 Å². The minimum absolute atomic E-state index is 0.166. The summed E-state index contributed by atoms with van der Waals surface area (Å²) < 4.78 is 7.31. The van der Waals surface area contributed by atoms with Crippen LogP contribution in [-0.4, -0.2) is 44.8 Å². The van der Waals surface area contributed by atoms with Crippen molar-refractivity contribution in [3.05, 3.63) is 52.9 Å². The first kappa shape index (κ1) is 21.7. The van der Waals surface area contributed by atoms with Crippen molar-refractivity contribution in [3.63, 3.8) is 0 Å². The van der Waals surface area contributed by atoms with Gasteiger partial charge in [0.1, 0.15) is 6.54 Å². The Morgan fingerprint density at radius 2 is 2.15 bits per heavy atom. The third kappa shape index (κ3) is 4.01. The molecule has 174 valence electrons. The number of aryl methyl sites for hydroxylation is 1. The number of hydrogen-bond donors (Lipinski definition) is 5. The molecular weight excluding hydrogens is 458 g/mol. The summed E-state index contributed by atoms with van der Waals surface area (Å²) in [6.45, 7) is 3.32. The van der Waals surface area contributed by atoms with Gasteiger partial charge >= 0.3 is 5.82 Å². The van der Waals surface area contributed by atoms with E-state index in [1.807, 2.05) is 29.9 Å². The Morgan fingerprint density at radius 3 is 2.94 bits per heavy atom. The van der Waals surface area contributed by atoms with Crippen LogP contribution in [-0.2, 0) is 13.0 Å². The van der Waals surface area contributed by atoms with Crippen molar-refractivity contribution in [2.24, 2.45) is 0 Å². The molecule has 3 aromatic heterocycles. The van der Waals surface area contributed by atoms with Gasteiger partial charge in [-0.2, -0.15) is 4.68 Å². The summed E-state index contributed by atoms with van der Waals surface area (Å²) in [6.07, 6.45) is 4.14. The fourth-order valence-corrected chi connectivity index (χ4v) is 4.12. The predicted molar refractivity (Wildman–Crippen MR) is 127 cm³/mol. The number of H-pyrrole nitrogens is 2. The molecule has 0 unspecified atom stereocenters.